The largest absolute Gasteiger partial charge is 0.379 e. The molecule has 3 N–H and O–H groups in total. The van der Waals surface area contributed by atoms with Crippen LogP contribution in [0.5, 0.6) is 0 Å². The fourth-order valence-corrected chi connectivity index (χ4v) is 3.41. The van der Waals surface area contributed by atoms with E-state index in [1.165, 1.54) is 11.1 Å². The first-order valence-corrected chi connectivity index (χ1v) is 11.3. The highest BCUT2D eigenvalue weighted by Gasteiger charge is 2.12. The molecule has 0 bridgehead atoms. The van der Waals surface area contributed by atoms with Crippen LogP contribution in [0.15, 0.2) is 47.6 Å². The zero-order chi connectivity index (χ0) is 22.6. The molecular formula is C24H34N6O2. The van der Waals surface area contributed by atoms with E-state index < -0.39 is 0 Å². The van der Waals surface area contributed by atoms with Gasteiger partial charge < -0.3 is 20.7 Å². The molecular weight excluding hydrogens is 404 g/mol. The summed E-state index contributed by atoms with van der Waals surface area (Å²) in [6.07, 6.45) is 2.06. The van der Waals surface area contributed by atoms with Crippen molar-refractivity contribution in [1.82, 2.24) is 20.5 Å². The van der Waals surface area contributed by atoms with Gasteiger partial charge in [0.1, 0.15) is 5.82 Å². The van der Waals surface area contributed by atoms with Gasteiger partial charge in [-0.25, -0.2) is 9.98 Å². The van der Waals surface area contributed by atoms with Gasteiger partial charge in [-0.3, -0.25) is 9.69 Å². The second-order valence-corrected chi connectivity index (χ2v) is 7.80. The number of rotatable bonds is 9. The summed E-state index contributed by atoms with van der Waals surface area (Å²) in [6.45, 7) is 10.2. The summed E-state index contributed by atoms with van der Waals surface area (Å²) >= 11 is 0. The lowest BCUT2D eigenvalue weighted by Crippen LogP contribution is -2.38. The van der Waals surface area contributed by atoms with Gasteiger partial charge in [-0.15, -0.1) is 0 Å². The maximum absolute atomic E-state index is 12.2. The van der Waals surface area contributed by atoms with Crippen molar-refractivity contribution in [1.29, 1.82) is 0 Å². The van der Waals surface area contributed by atoms with Crippen molar-refractivity contribution in [3.05, 3.63) is 59.3 Å². The number of carbonyl (C=O) groups excluding carboxylic acids is 1. The average molecular weight is 439 g/mol. The molecule has 1 saturated heterocycles. The number of pyridine rings is 1. The highest BCUT2D eigenvalue weighted by atomic mass is 16.5. The molecule has 8 nitrogen and oxygen atoms in total. The van der Waals surface area contributed by atoms with Crippen molar-refractivity contribution < 1.29 is 9.53 Å². The quantitative estimate of drug-likeness (QED) is 0.411. The zero-order valence-corrected chi connectivity index (χ0v) is 19.1. The van der Waals surface area contributed by atoms with E-state index in [1.54, 1.807) is 12.3 Å². The molecule has 2 aromatic rings. The topological polar surface area (TPSA) is 90.9 Å². The third kappa shape index (κ3) is 7.94. The highest BCUT2D eigenvalue weighted by Crippen LogP contribution is 2.14. The first-order valence-electron chi connectivity index (χ1n) is 11.3. The molecule has 0 unspecified atom stereocenters. The van der Waals surface area contributed by atoms with Crippen LogP contribution in [-0.2, 0) is 22.6 Å². The Balaban J connectivity index is 1.51. The SMILES string of the molecule is CCNC(=NCc1ccccc1CN1CCOCC1)NCCC(=O)Nc1ccc(C)cn1. The molecule has 1 aromatic heterocycles. The Morgan fingerprint density at radius 3 is 2.62 bits per heavy atom. The number of hydrogen-bond donors (Lipinski definition) is 3. The van der Waals surface area contributed by atoms with E-state index in [9.17, 15) is 4.79 Å². The normalized spacial score (nSPS) is 14.8. The fourth-order valence-electron chi connectivity index (χ4n) is 3.41. The molecule has 32 heavy (non-hydrogen) atoms. The highest BCUT2D eigenvalue weighted by molar-refractivity contribution is 5.90. The summed E-state index contributed by atoms with van der Waals surface area (Å²) in [5.41, 5.74) is 3.56. The van der Waals surface area contributed by atoms with E-state index in [1.807, 2.05) is 19.9 Å². The van der Waals surface area contributed by atoms with E-state index in [4.69, 9.17) is 9.73 Å². The Labute approximate surface area is 190 Å². The second-order valence-electron chi connectivity index (χ2n) is 7.80. The number of ether oxygens (including phenoxy) is 1. The van der Waals surface area contributed by atoms with Crippen LogP contribution >= 0.6 is 0 Å². The van der Waals surface area contributed by atoms with Crippen LogP contribution in [0.4, 0.5) is 5.82 Å². The van der Waals surface area contributed by atoms with Gasteiger partial charge in [-0.1, -0.05) is 30.3 Å². The van der Waals surface area contributed by atoms with Gasteiger partial charge >= 0.3 is 0 Å². The van der Waals surface area contributed by atoms with Gasteiger partial charge in [0.2, 0.25) is 5.91 Å². The first kappa shape index (κ1) is 23.7. The minimum Gasteiger partial charge on any atom is -0.379 e. The van der Waals surface area contributed by atoms with Crippen molar-refractivity contribution in [2.75, 3.05) is 44.7 Å². The Morgan fingerprint density at radius 2 is 1.91 bits per heavy atom. The maximum Gasteiger partial charge on any atom is 0.227 e. The zero-order valence-electron chi connectivity index (χ0n) is 19.1. The summed E-state index contributed by atoms with van der Waals surface area (Å²) in [5, 5.41) is 9.31. The Morgan fingerprint density at radius 1 is 1.12 bits per heavy atom. The molecule has 1 aromatic carbocycles. The number of nitrogens with one attached hydrogen (secondary N) is 3. The van der Waals surface area contributed by atoms with Gasteiger partial charge in [-0.05, 0) is 36.6 Å². The predicted octanol–water partition coefficient (Wildman–Crippen LogP) is 2.31. The molecule has 0 spiro atoms. The number of aromatic nitrogens is 1. The number of guanidine groups is 1. The smallest absolute Gasteiger partial charge is 0.227 e. The van der Waals surface area contributed by atoms with Crippen LogP contribution in [-0.4, -0.2) is 61.1 Å². The number of benzene rings is 1. The molecule has 172 valence electrons. The molecule has 8 heteroatoms. The molecule has 1 amide bonds. The summed E-state index contributed by atoms with van der Waals surface area (Å²) in [6, 6.07) is 12.2. The minimum atomic E-state index is -0.0828. The third-order valence-corrected chi connectivity index (χ3v) is 5.19. The molecule has 1 fully saturated rings. The van der Waals surface area contributed by atoms with Crippen molar-refractivity contribution in [3.63, 3.8) is 0 Å². The molecule has 0 aliphatic carbocycles. The Bertz CT molecular complexity index is 878. The molecule has 0 atom stereocenters. The Hall–Kier alpha value is -2.97. The molecule has 1 aliphatic rings. The van der Waals surface area contributed by atoms with E-state index in [0.717, 1.165) is 45.0 Å². The first-order chi connectivity index (χ1) is 15.6. The number of morpholine rings is 1. The van der Waals surface area contributed by atoms with E-state index in [2.05, 4.69) is 50.1 Å². The number of amides is 1. The van der Waals surface area contributed by atoms with Crippen LogP contribution in [0.25, 0.3) is 0 Å². The van der Waals surface area contributed by atoms with Crippen molar-refractivity contribution in [2.45, 2.75) is 33.4 Å². The summed E-state index contributed by atoms with van der Waals surface area (Å²) in [7, 11) is 0. The number of hydrogen-bond acceptors (Lipinski definition) is 5. The number of anilines is 1. The van der Waals surface area contributed by atoms with Gasteiger partial charge in [0.05, 0.1) is 19.8 Å². The molecule has 2 heterocycles. The van der Waals surface area contributed by atoms with Crippen LogP contribution in [0.3, 0.4) is 0 Å². The van der Waals surface area contributed by atoms with Crippen LogP contribution in [0, 0.1) is 6.92 Å². The molecule has 0 radical (unpaired) electrons. The van der Waals surface area contributed by atoms with Crippen molar-refractivity contribution in [2.24, 2.45) is 4.99 Å². The van der Waals surface area contributed by atoms with Crippen molar-refractivity contribution >= 4 is 17.7 Å². The van der Waals surface area contributed by atoms with Gasteiger partial charge in [0, 0.05) is 45.3 Å². The maximum atomic E-state index is 12.2. The van der Waals surface area contributed by atoms with Gasteiger partial charge in [0.15, 0.2) is 5.96 Å². The molecule has 3 rings (SSSR count). The van der Waals surface area contributed by atoms with E-state index in [-0.39, 0.29) is 5.91 Å². The lowest BCUT2D eigenvalue weighted by Gasteiger charge is -2.27. The number of carbonyl (C=O) groups is 1. The van der Waals surface area contributed by atoms with Crippen LogP contribution < -0.4 is 16.0 Å². The molecule has 0 saturated carbocycles. The second kappa shape index (κ2) is 12.8. The summed E-state index contributed by atoms with van der Waals surface area (Å²) < 4.78 is 5.45. The third-order valence-electron chi connectivity index (χ3n) is 5.19. The number of aryl methyl sites for hydroxylation is 1. The summed E-state index contributed by atoms with van der Waals surface area (Å²) in [4.78, 5) is 23.5. The Kier molecular flexibility index (Phi) is 9.46. The van der Waals surface area contributed by atoms with Gasteiger partial charge in [0.25, 0.3) is 0 Å². The average Bonchev–Trinajstić information content (AvgIpc) is 2.80. The van der Waals surface area contributed by atoms with Crippen LogP contribution in [0.2, 0.25) is 0 Å². The minimum absolute atomic E-state index is 0.0828. The number of nitrogens with zero attached hydrogens (tertiary/aromatic N) is 3. The monoisotopic (exact) mass is 438 g/mol. The predicted molar refractivity (Wildman–Crippen MR) is 128 cm³/mol. The lowest BCUT2D eigenvalue weighted by atomic mass is 10.1. The van der Waals surface area contributed by atoms with E-state index >= 15 is 0 Å². The number of aliphatic imine (C=N–C) groups is 1. The fraction of sp³-hybridized carbons (Fsp3) is 0.458. The van der Waals surface area contributed by atoms with Crippen molar-refractivity contribution in [3.8, 4) is 0 Å². The summed E-state index contributed by atoms with van der Waals surface area (Å²) in [5.74, 6) is 1.19. The van der Waals surface area contributed by atoms with Crippen LogP contribution in [0.1, 0.15) is 30.0 Å². The van der Waals surface area contributed by atoms with E-state index in [0.29, 0.717) is 31.3 Å². The molecule has 1 aliphatic heterocycles. The standard InChI is InChI=1S/C24H34N6O2/c1-3-25-24(26-11-10-23(31)29-22-9-8-19(2)16-27-22)28-17-20-6-4-5-7-21(20)18-30-12-14-32-15-13-30/h4-9,16H,3,10-15,17-18H2,1-2H3,(H2,25,26,28)(H,27,29,31). The lowest BCUT2D eigenvalue weighted by molar-refractivity contribution is -0.116. The van der Waals surface area contributed by atoms with Gasteiger partial charge in [-0.2, -0.15) is 0 Å².